The molecule has 2 aromatic rings. The maximum atomic E-state index is 12.1. The zero-order valence-corrected chi connectivity index (χ0v) is 14.8. The van der Waals surface area contributed by atoms with E-state index in [0.717, 1.165) is 48.0 Å². The number of nitrogens with two attached hydrogens (primary N) is 1. The second kappa shape index (κ2) is 9.58. The standard InChI is InChI=1S/C18H26N2O2.ClH/c1-3-4-9-17-15(13-20(2)18(21)11-7-12-19)14-8-5-6-10-16(14)22-17;/h5-6,8,10H,3-4,7,9,11-13,19H2,1-2H3;1H. The second-order valence-corrected chi connectivity index (χ2v) is 5.75. The average Bonchev–Trinajstić information content (AvgIpc) is 2.88. The number of carbonyl (C=O) groups excluding carboxylic acids is 1. The van der Waals surface area contributed by atoms with Crippen molar-refractivity contribution in [1.82, 2.24) is 4.90 Å². The number of benzene rings is 1. The zero-order valence-electron chi connectivity index (χ0n) is 14.0. The summed E-state index contributed by atoms with van der Waals surface area (Å²) in [6, 6.07) is 8.06. The molecule has 128 valence electrons. The van der Waals surface area contributed by atoms with Crippen LogP contribution >= 0.6 is 12.4 Å². The highest BCUT2D eigenvalue weighted by Gasteiger charge is 2.17. The van der Waals surface area contributed by atoms with E-state index >= 15 is 0 Å². The molecule has 0 aliphatic rings. The number of nitrogens with zero attached hydrogens (tertiary/aromatic N) is 1. The largest absolute Gasteiger partial charge is 0.461 e. The lowest BCUT2D eigenvalue weighted by Crippen LogP contribution is -2.26. The van der Waals surface area contributed by atoms with Gasteiger partial charge in [0.15, 0.2) is 0 Å². The molecule has 5 heteroatoms. The summed E-state index contributed by atoms with van der Waals surface area (Å²) >= 11 is 0. The number of carbonyl (C=O) groups is 1. The van der Waals surface area contributed by atoms with Crippen LogP contribution in [0.1, 0.15) is 43.9 Å². The predicted molar refractivity (Wildman–Crippen MR) is 96.8 cm³/mol. The lowest BCUT2D eigenvalue weighted by molar-refractivity contribution is -0.130. The number of hydrogen-bond donors (Lipinski definition) is 1. The highest BCUT2D eigenvalue weighted by Crippen LogP contribution is 2.28. The van der Waals surface area contributed by atoms with E-state index in [1.54, 1.807) is 4.90 Å². The van der Waals surface area contributed by atoms with Gasteiger partial charge in [0, 0.05) is 37.4 Å². The zero-order chi connectivity index (χ0) is 15.9. The third-order valence-corrected chi connectivity index (χ3v) is 3.96. The van der Waals surface area contributed by atoms with Gasteiger partial charge in [-0.1, -0.05) is 31.5 Å². The molecule has 2 N–H and O–H groups in total. The van der Waals surface area contributed by atoms with E-state index in [-0.39, 0.29) is 18.3 Å². The number of furan rings is 1. The average molecular weight is 339 g/mol. The number of fused-ring (bicyclic) bond motifs is 1. The Morgan fingerprint density at radius 3 is 2.70 bits per heavy atom. The number of aryl methyl sites for hydroxylation is 1. The first kappa shape index (κ1) is 19.5. The van der Waals surface area contributed by atoms with Gasteiger partial charge < -0.3 is 15.1 Å². The van der Waals surface area contributed by atoms with Crippen LogP contribution in [-0.4, -0.2) is 24.4 Å². The van der Waals surface area contributed by atoms with Crippen LogP contribution in [0.25, 0.3) is 11.0 Å². The van der Waals surface area contributed by atoms with Gasteiger partial charge in [-0.3, -0.25) is 4.79 Å². The van der Waals surface area contributed by atoms with E-state index in [4.69, 9.17) is 10.2 Å². The maximum absolute atomic E-state index is 12.1. The normalized spacial score (nSPS) is 10.6. The Labute approximate surface area is 144 Å². The lowest BCUT2D eigenvalue weighted by atomic mass is 10.1. The third kappa shape index (κ3) is 4.98. The van der Waals surface area contributed by atoms with Crippen molar-refractivity contribution in [1.29, 1.82) is 0 Å². The fourth-order valence-corrected chi connectivity index (χ4v) is 2.63. The van der Waals surface area contributed by atoms with Crippen molar-refractivity contribution >= 4 is 29.3 Å². The molecule has 1 amide bonds. The topological polar surface area (TPSA) is 59.5 Å². The molecule has 2 rings (SSSR count). The van der Waals surface area contributed by atoms with Crippen molar-refractivity contribution in [3.05, 3.63) is 35.6 Å². The molecule has 0 bridgehead atoms. The van der Waals surface area contributed by atoms with E-state index in [2.05, 4.69) is 13.0 Å². The second-order valence-electron chi connectivity index (χ2n) is 5.75. The molecule has 0 spiro atoms. The first-order chi connectivity index (χ1) is 10.7. The molecule has 0 aliphatic heterocycles. The number of halogens is 1. The fourth-order valence-electron chi connectivity index (χ4n) is 2.63. The molecule has 0 unspecified atom stereocenters. The van der Waals surface area contributed by atoms with Gasteiger partial charge >= 0.3 is 0 Å². The quantitative estimate of drug-likeness (QED) is 0.794. The van der Waals surface area contributed by atoms with Crippen LogP contribution in [0.4, 0.5) is 0 Å². The van der Waals surface area contributed by atoms with Gasteiger partial charge in [-0.15, -0.1) is 12.4 Å². The molecule has 1 aromatic heterocycles. The molecule has 0 atom stereocenters. The summed E-state index contributed by atoms with van der Waals surface area (Å²) in [5, 5.41) is 1.12. The van der Waals surface area contributed by atoms with Gasteiger partial charge in [-0.05, 0) is 25.5 Å². The van der Waals surface area contributed by atoms with Crippen molar-refractivity contribution in [3.8, 4) is 0 Å². The summed E-state index contributed by atoms with van der Waals surface area (Å²) in [5.74, 6) is 1.15. The van der Waals surface area contributed by atoms with Crippen molar-refractivity contribution in [2.45, 2.75) is 45.6 Å². The molecule has 1 aromatic carbocycles. The third-order valence-electron chi connectivity index (χ3n) is 3.96. The van der Waals surface area contributed by atoms with Crippen LogP contribution in [0.15, 0.2) is 28.7 Å². The Bertz CT molecular complexity index is 625. The number of para-hydroxylation sites is 1. The summed E-state index contributed by atoms with van der Waals surface area (Å²) in [4.78, 5) is 13.9. The summed E-state index contributed by atoms with van der Waals surface area (Å²) in [6.45, 7) is 3.32. The molecular formula is C18H27ClN2O2. The van der Waals surface area contributed by atoms with Crippen LogP contribution < -0.4 is 5.73 Å². The van der Waals surface area contributed by atoms with Gasteiger partial charge in [-0.2, -0.15) is 0 Å². The molecule has 1 heterocycles. The van der Waals surface area contributed by atoms with E-state index in [0.29, 0.717) is 19.5 Å². The predicted octanol–water partition coefficient (Wildman–Crippen LogP) is 3.89. The number of amides is 1. The van der Waals surface area contributed by atoms with Gasteiger partial charge in [0.25, 0.3) is 0 Å². The Hall–Kier alpha value is -1.52. The van der Waals surface area contributed by atoms with E-state index < -0.39 is 0 Å². The van der Waals surface area contributed by atoms with Crippen molar-refractivity contribution < 1.29 is 9.21 Å². The number of unbranched alkanes of at least 4 members (excludes halogenated alkanes) is 1. The van der Waals surface area contributed by atoms with Crippen LogP contribution in [0.3, 0.4) is 0 Å². The summed E-state index contributed by atoms with van der Waals surface area (Å²) in [5.41, 5.74) is 7.54. The molecule has 4 nitrogen and oxygen atoms in total. The van der Waals surface area contributed by atoms with Crippen LogP contribution in [0.2, 0.25) is 0 Å². The Balaban J connectivity index is 0.00000264. The highest BCUT2D eigenvalue weighted by molar-refractivity contribution is 5.85. The van der Waals surface area contributed by atoms with Gasteiger partial charge in [0.2, 0.25) is 5.91 Å². The van der Waals surface area contributed by atoms with Gasteiger partial charge in [0.1, 0.15) is 11.3 Å². The van der Waals surface area contributed by atoms with Gasteiger partial charge in [-0.25, -0.2) is 0 Å². The van der Waals surface area contributed by atoms with Crippen LogP contribution in [0, 0.1) is 0 Å². The molecule has 23 heavy (non-hydrogen) atoms. The summed E-state index contributed by atoms with van der Waals surface area (Å²) < 4.78 is 6.01. The summed E-state index contributed by atoms with van der Waals surface area (Å²) in [6.07, 6.45) is 4.38. The molecule has 0 saturated heterocycles. The van der Waals surface area contributed by atoms with Crippen LogP contribution in [0.5, 0.6) is 0 Å². The highest BCUT2D eigenvalue weighted by atomic mass is 35.5. The minimum absolute atomic E-state index is 0. The summed E-state index contributed by atoms with van der Waals surface area (Å²) in [7, 11) is 1.85. The first-order valence-electron chi connectivity index (χ1n) is 8.10. The Morgan fingerprint density at radius 1 is 1.26 bits per heavy atom. The van der Waals surface area contributed by atoms with E-state index in [1.165, 1.54) is 0 Å². The number of rotatable bonds is 8. The number of hydrogen-bond acceptors (Lipinski definition) is 3. The van der Waals surface area contributed by atoms with Crippen molar-refractivity contribution in [2.75, 3.05) is 13.6 Å². The fraction of sp³-hybridized carbons (Fsp3) is 0.500. The molecular weight excluding hydrogens is 312 g/mol. The van der Waals surface area contributed by atoms with E-state index in [9.17, 15) is 4.79 Å². The molecule has 0 aliphatic carbocycles. The van der Waals surface area contributed by atoms with Gasteiger partial charge in [0.05, 0.1) is 0 Å². The minimum Gasteiger partial charge on any atom is -0.461 e. The SMILES string of the molecule is CCCCc1oc2ccccc2c1CN(C)C(=O)CCCN.Cl. The first-order valence-corrected chi connectivity index (χ1v) is 8.10. The maximum Gasteiger partial charge on any atom is 0.222 e. The molecule has 0 saturated carbocycles. The Morgan fingerprint density at radius 2 is 2.00 bits per heavy atom. The van der Waals surface area contributed by atoms with Crippen LogP contribution in [-0.2, 0) is 17.8 Å². The lowest BCUT2D eigenvalue weighted by Gasteiger charge is -2.17. The molecule has 0 radical (unpaired) electrons. The van der Waals surface area contributed by atoms with Crippen molar-refractivity contribution in [2.24, 2.45) is 5.73 Å². The Kier molecular flexibility index (Phi) is 8.13. The minimum atomic E-state index is 0. The monoisotopic (exact) mass is 338 g/mol. The smallest absolute Gasteiger partial charge is 0.222 e. The van der Waals surface area contributed by atoms with Crippen molar-refractivity contribution in [3.63, 3.8) is 0 Å². The molecule has 0 fully saturated rings. The van der Waals surface area contributed by atoms with E-state index in [1.807, 2.05) is 25.2 Å².